The average Bonchev–Trinajstić information content (AvgIpc) is 2.14. The fraction of sp³-hybridized carbons (Fsp3) is 0.417. The van der Waals surface area contributed by atoms with Gasteiger partial charge in [-0.3, -0.25) is 0 Å². The number of rotatable bonds is 3. The minimum Gasteiger partial charge on any atom is -0.478 e. The molecule has 1 aromatic carbocycles. The minimum atomic E-state index is -0.933. The van der Waals surface area contributed by atoms with Crippen molar-refractivity contribution in [2.45, 2.75) is 32.9 Å². The first-order valence-electron chi connectivity index (χ1n) is 5.16. The quantitative estimate of drug-likeness (QED) is 0.682. The maximum atomic E-state index is 10.8. The molecule has 0 heterocycles. The molecular weight excluding hydrogens is 204 g/mol. The second kappa shape index (κ2) is 4.53. The van der Waals surface area contributed by atoms with Crippen molar-refractivity contribution < 1.29 is 9.90 Å². The second-order valence-corrected chi connectivity index (χ2v) is 4.82. The molecule has 0 aliphatic heterocycles. The van der Waals surface area contributed by atoms with Crippen molar-refractivity contribution in [3.05, 3.63) is 29.3 Å². The molecule has 4 heteroatoms. The predicted molar refractivity (Wildman–Crippen MR) is 64.4 cm³/mol. The lowest BCUT2D eigenvalue weighted by Gasteiger charge is -2.21. The normalized spacial score (nSPS) is 11.4. The van der Waals surface area contributed by atoms with E-state index >= 15 is 0 Å². The molecule has 0 saturated heterocycles. The van der Waals surface area contributed by atoms with Crippen LogP contribution >= 0.6 is 0 Å². The van der Waals surface area contributed by atoms with Crippen molar-refractivity contribution in [2.24, 2.45) is 0 Å². The van der Waals surface area contributed by atoms with E-state index in [9.17, 15) is 4.79 Å². The first-order chi connectivity index (χ1) is 7.29. The van der Waals surface area contributed by atoms with E-state index in [-0.39, 0.29) is 11.1 Å². The van der Waals surface area contributed by atoms with Gasteiger partial charge in [0.15, 0.2) is 0 Å². The number of benzene rings is 1. The summed E-state index contributed by atoms with van der Waals surface area (Å²) in [6, 6.07) is 4.75. The Bertz CT molecular complexity index is 394. The van der Waals surface area contributed by atoms with Gasteiger partial charge in [-0.2, -0.15) is 0 Å². The van der Waals surface area contributed by atoms with Crippen LogP contribution in [-0.4, -0.2) is 16.6 Å². The number of carbonyl (C=O) groups is 1. The zero-order valence-electron chi connectivity index (χ0n) is 9.87. The summed E-state index contributed by atoms with van der Waals surface area (Å²) in [5.74, 6) is -0.933. The summed E-state index contributed by atoms with van der Waals surface area (Å²) < 4.78 is 0. The third-order valence-corrected chi connectivity index (χ3v) is 2.20. The highest BCUT2D eigenvalue weighted by atomic mass is 16.4. The Morgan fingerprint density at radius 3 is 2.56 bits per heavy atom. The van der Waals surface area contributed by atoms with E-state index in [2.05, 4.69) is 5.32 Å². The van der Waals surface area contributed by atoms with Gasteiger partial charge in [-0.05, 0) is 44.5 Å². The van der Waals surface area contributed by atoms with Crippen LogP contribution in [0, 0.1) is 0 Å². The van der Waals surface area contributed by atoms with Crippen molar-refractivity contribution in [1.82, 2.24) is 5.32 Å². The number of nitrogen functional groups attached to an aromatic ring is 1. The van der Waals surface area contributed by atoms with Crippen LogP contribution in [0.5, 0.6) is 0 Å². The molecule has 1 aromatic rings. The molecule has 4 nitrogen and oxygen atoms in total. The van der Waals surface area contributed by atoms with E-state index < -0.39 is 5.97 Å². The number of nitrogens with one attached hydrogen (secondary N) is 1. The summed E-state index contributed by atoms with van der Waals surface area (Å²) in [5.41, 5.74) is 7.46. The lowest BCUT2D eigenvalue weighted by atomic mass is 10.1. The molecule has 1 rings (SSSR count). The number of anilines is 1. The van der Waals surface area contributed by atoms with Crippen LogP contribution in [0.1, 0.15) is 36.7 Å². The van der Waals surface area contributed by atoms with Crippen LogP contribution in [0.4, 0.5) is 5.69 Å². The third kappa shape index (κ3) is 3.55. The standard InChI is InChI=1S/C12H18N2O2/c1-12(2,3)14-7-9-6-8(11(15)16)4-5-10(9)13/h4-6,14H,7,13H2,1-3H3,(H,15,16). The summed E-state index contributed by atoms with van der Waals surface area (Å²) in [6.45, 7) is 6.70. The highest BCUT2D eigenvalue weighted by Crippen LogP contribution is 2.15. The van der Waals surface area contributed by atoms with Crippen molar-refractivity contribution in [2.75, 3.05) is 5.73 Å². The molecule has 0 saturated carbocycles. The maximum absolute atomic E-state index is 10.8. The van der Waals surface area contributed by atoms with E-state index in [0.29, 0.717) is 12.2 Å². The van der Waals surface area contributed by atoms with Crippen LogP contribution in [0.15, 0.2) is 18.2 Å². The first kappa shape index (κ1) is 12.5. The number of carboxylic acid groups (broad SMARTS) is 1. The Morgan fingerprint density at radius 1 is 1.44 bits per heavy atom. The van der Waals surface area contributed by atoms with Gasteiger partial charge in [0.2, 0.25) is 0 Å². The molecule has 0 radical (unpaired) electrons. The molecule has 0 spiro atoms. The fourth-order valence-electron chi connectivity index (χ4n) is 1.25. The summed E-state index contributed by atoms with van der Waals surface area (Å²) in [4.78, 5) is 10.8. The molecule has 0 bridgehead atoms. The molecule has 0 aliphatic carbocycles. The van der Waals surface area contributed by atoms with E-state index in [4.69, 9.17) is 10.8 Å². The van der Waals surface area contributed by atoms with Gasteiger partial charge in [-0.15, -0.1) is 0 Å². The topological polar surface area (TPSA) is 75.3 Å². The van der Waals surface area contributed by atoms with Crippen LogP contribution in [0.3, 0.4) is 0 Å². The number of carboxylic acids is 1. The van der Waals surface area contributed by atoms with Crippen molar-refractivity contribution in [1.29, 1.82) is 0 Å². The van der Waals surface area contributed by atoms with Crippen molar-refractivity contribution >= 4 is 11.7 Å². The summed E-state index contributed by atoms with van der Waals surface area (Å²) >= 11 is 0. The van der Waals surface area contributed by atoms with Gasteiger partial charge in [0.1, 0.15) is 0 Å². The Labute approximate surface area is 95.5 Å². The SMILES string of the molecule is CC(C)(C)NCc1cc(C(=O)O)ccc1N. The van der Waals surface area contributed by atoms with E-state index in [1.54, 1.807) is 12.1 Å². The maximum Gasteiger partial charge on any atom is 0.335 e. The lowest BCUT2D eigenvalue weighted by Crippen LogP contribution is -2.35. The molecule has 0 atom stereocenters. The summed E-state index contributed by atoms with van der Waals surface area (Å²) in [5, 5.41) is 12.1. The van der Waals surface area contributed by atoms with Crippen molar-refractivity contribution in [3.63, 3.8) is 0 Å². The van der Waals surface area contributed by atoms with Crippen LogP contribution in [-0.2, 0) is 6.54 Å². The average molecular weight is 222 g/mol. The Hall–Kier alpha value is -1.55. The van der Waals surface area contributed by atoms with Gasteiger partial charge in [-0.25, -0.2) is 4.79 Å². The monoisotopic (exact) mass is 222 g/mol. The fourth-order valence-corrected chi connectivity index (χ4v) is 1.25. The Morgan fingerprint density at radius 2 is 2.06 bits per heavy atom. The molecule has 0 fully saturated rings. The van der Waals surface area contributed by atoms with Gasteiger partial charge in [0, 0.05) is 17.8 Å². The minimum absolute atomic E-state index is 0.0222. The third-order valence-electron chi connectivity index (χ3n) is 2.20. The summed E-state index contributed by atoms with van der Waals surface area (Å²) in [7, 11) is 0. The molecule has 16 heavy (non-hydrogen) atoms. The number of aromatic carboxylic acids is 1. The highest BCUT2D eigenvalue weighted by molar-refractivity contribution is 5.88. The zero-order valence-corrected chi connectivity index (χ0v) is 9.87. The molecular formula is C12H18N2O2. The largest absolute Gasteiger partial charge is 0.478 e. The van der Waals surface area contributed by atoms with E-state index in [0.717, 1.165) is 5.56 Å². The molecule has 4 N–H and O–H groups in total. The smallest absolute Gasteiger partial charge is 0.335 e. The molecule has 88 valence electrons. The number of hydrogen-bond donors (Lipinski definition) is 3. The first-order valence-corrected chi connectivity index (χ1v) is 5.16. The van der Waals surface area contributed by atoms with Gasteiger partial charge in [-0.1, -0.05) is 0 Å². The second-order valence-electron chi connectivity index (χ2n) is 4.82. The molecule has 0 unspecified atom stereocenters. The lowest BCUT2D eigenvalue weighted by molar-refractivity contribution is 0.0697. The predicted octanol–water partition coefficient (Wildman–Crippen LogP) is 1.86. The number of nitrogens with two attached hydrogens (primary N) is 1. The molecule has 0 aliphatic rings. The summed E-state index contributed by atoms with van der Waals surface area (Å²) in [6.07, 6.45) is 0. The highest BCUT2D eigenvalue weighted by Gasteiger charge is 2.11. The Balaban J connectivity index is 2.86. The van der Waals surface area contributed by atoms with Crippen LogP contribution in [0.25, 0.3) is 0 Å². The Kier molecular flexibility index (Phi) is 3.55. The van der Waals surface area contributed by atoms with Gasteiger partial charge >= 0.3 is 5.97 Å². The van der Waals surface area contributed by atoms with Crippen molar-refractivity contribution in [3.8, 4) is 0 Å². The van der Waals surface area contributed by atoms with E-state index in [1.165, 1.54) is 6.07 Å². The van der Waals surface area contributed by atoms with Gasteiger partial charge in [0.05, 0.1) is 5.56 Å². The van der Waals surface area contributed by atoms with E-state index in [1.807, 2.05) is 20.8 Å². The molecule has 0 amide bonds. The van der Waals surface area contributed by atoms with Crippen LogP contribution < -0.4 is 11.1 Å². The van der Waals surface area contributed by atoms with Gasteiger partial charge in [0.25, 0.3) is 0 Å². The van der Waals surface area contributed by atoms with Gasteiger partial charge < -0.3 is 16.2 Å². The van der Waals surface area contributed by atoms with Crippen LogP contribution in [0.2, 0.25) is 0 Å². The zero-order chi connectivity index (χ0) is 12.3. The molecule has 0 aromatic heterocycles. The number of hydrogen-bond acceptors (Lipinski definition) is 3.